The Labute approximate surface area is 164 Å². The fourth-order valence-electron chi connectivity index (χ4n) is 2.78. The summed E-state index contributed by atoms with van der Waals surface area (Å²) in [6.45, 7) is 3.36. The normalized spacial score (nSPS) is 10.3. The van der Waals surface area contributed by atoms with Crippen LogP contribution in [0.25, 0.3) is 0 Å². The molecule has 0 bridgehead atoms. The van der Waals surface area contributed by atoms with Crippen molar-refractivity contribution in [1.82, 2.24) is 20.2 Å². The first-order chi connectivity index (χ1) is 13.7. The minimum absolute atomic E-state index is 0.152. The lowest BCUT2D eigenvalue weighted by atomic mass is 10.1. The Bertz CT molecular complexity index is 930. The van der Waals surface area contributed by atoms with Gasteiger partial charge in [0.15, 0.2) is 0 Å². The lowest BCUT2D eigenvalue weighted by molar-refractivity contribution is 0.0752. The average Bonchev–Trinajstić information content (AvgIpc) is 2.77. The van der Waals surface area contributed by atoms with E-state index in [-0.39, 0.29) is 11.8 Å². The van der Waals surface area contributed by atoms with Crippen molar-refractivity contribution in [3.8, 4) is 0 Å². The van der Waals surface area contributed by atoms with Crippen molar-refractivity contribution in [2.45, 2.75) is 20.0 Å². The van der Waals surface area contributed by atoms with Gasteiger partial charge in [-0.2, -0.15) is 0 Å². The molecule has 2 aromatic heterocycles. The number of benzene rings is 1. The molecule has 0 atom stereocenters. The van der Waals surface area contributed by atoms with Crippen LogP contribution in [0.4, 0.5) is 0 Å². The van der Waals surface area contributed by atoms with Gasteiger partial charge in [0.2, 0.25) is 0 Å². The van der Waals surface area contributed by atoms with Crippen molar-refractivity contribution >= 4 is 11.8 Å². The Hall–Kier alpha value is -3.54. The van der Waals surface area contributed by atoms with E-state index in [0.717, 1.165) is 11.1 Å². The van der Waals surface area contributed by atoms with Crippen LogP contribution in [0.3, 0.4) is 0 Å². The van der Waals surface area contributed by atoms with Gasteiger partial charge in [0.25, 0.3) is 11.8 Å². The minimum atomic E-state index is -0.280. The molecule has 3 aromatic rings. The van der Waals surface area contributed by atoms with E-state index in [0.29, 0.717) is 30.8 Å². The summed E-state index contributed by atoms with van der Waals surface area (Å²) < 4.78 is 0. The molecule has 2 heterocycles. The Morgan fingerprint density at radius 1 is 0.929 bits per heavy atom. The Kier molecular flexibility index (Phi) is 6.46. The lowest BCUT2D eigenvalue weighted by Crippen LogP contribution is -2.31. The monoisotopic (exact) mass is 374 g/mol. The fourth-order valence-corrected chi connectivity index (χ4v) is 2.78. The van der Waals surface area contributed by atoms with Crippen LogP contribution in [-0.4, -0.2) is 33.2 Å². The standard InChI is InChI=1S/C22H22N4O2/c1-2-26(16-17-7-4-3-5-8-17)22(28)20-11-19(14-24-15-20)21(27)25-13-18-9-6-10-23-12-18/h3-12,14-15H,2,13,16H2,1H3,(H,25,27). The summed E-state index contributed by atoms with van der Waals surface area (Å²) in [4.78, 5) is 35.1. The number of hydrogen-bond donors (Lipinski definition) is 1. The summed E-state index contributed by atoms with van der Waals surface area (Å²) in [5, 5.41) is 2.82. The summed E-state index contributed by atoms with van der Waals surface area (Å²) in [5.74, 6) is -0.433. The maximum atomic E-state index is 12.9. The SMILES string of the molecule is CCN(Cc1ccccc1)C(=O)c1cncc(C(=O)NCc2cccnc2)c1. The zero-order chi connectivity index (χ0) is 19.8. The maximum absolute atomic E-state index is 12.9. The van der Waals surface area contributed by atoms with Crippen molar-refractivity contribution in [3.63, 3.8) is 0 Å². The number of hydrogen-bond acceptors (Lipinski definition) is 4. The molecule has 0 aliphatic heterocycles. The predicted octanol–water partition coefficient (Wildman–Crippen LogP) is 3.07. The van der Waals surface area contributed by atoms with Gasteiger partial charge in [-0.25, -0.2) is 0 Å². The van der Waals surface area contributed by atoms with E-state index in [4.69, 9.17) is 0 Å². The van der Waals surface area contributed by atoms with Gasteiger partial charge in [0.05, 0.1) is 11.1 Å². The summed E-state index contributed by atoms with van der Waals surface area (Å²) in [5.41, 5.74) is 2.70. The second-order valence-corrected chi connectivity index (χ2v) is 6.31. The second-order valence-electron chi connectivity index (χ2n) is 6.31. The molecular weight excluding hydrogens is 352 g/mol. The van der Waals surface area contributed by atoms with Crippen LogP contribution in [0.5, 0.6) is 0 Å². The molecule has 0 saturated heterocycles. The number of aromatic nitrogens is 2. The quantitative estimate of drug-likeness (QED) is 0.690. The van der Waals surface area contributed by atoms with Gasteiger partial charge < -0.3 is 10.2 Å². The highest BCUT2D eigenvalue weighted by atomic mass is 16.2. The highest BCUT2D eigenvalue weighted by Crippen LogP contribution is 2.11. The highest BCUT2D eigenvalue weighted by Gasteiger charge is 2.17. The topological polar surface area (TPSA) is 75.2 Å². The molecule has 0 saturated carbocycles. The first-order valence-corrected chi connectivity index (χ1v) is 9.12. The zero-order valence-electron chi connectivity index (χ0n) is 15.7. The fraction of sp³-hybridized carbons (Fsp3) is 0.182. The zero-order valence-corrected chi connectivity index (χ0v) is 15.7. The first kappa shape index (κ1) is 19.2. The molecule has 0 radical (unpaired) electrons. The third-order valence-electron chi connectivity index (χ3n) is 4.31. The molecule has 3 rings (SSSR count). The van der Waals surface area contributed by atoms with E-state index < -0.39 is 0 Å². The number of rotatable bonds is 7. The number of nitrogens with one attached hydrogen (secondary N) is 1. The highest BCUT2D eigenvalue weighted by molar-refractivity contribution is 5.99. The van der Waals surface area contributed by atoms with Crippen molar-refractivity contribution in [3.05, 3.63) is 95.6 Å². The summed E-state index contributed by atoms with van der Waals surface area (Å²) in [6.07, 6.45) is 6.33. The molecule has 142 valence electrons. The lowest BCUT2D eigenvalue weighted by Gasteiger charge is -2.21. The Morgan fingerprint density at radius 3 is 2.39 bits per heavy atom. The molecule has 2 amide bonds. The van der Waals surface area contributed by atoms with Crippen LogP contribution >= 0.6 is 0 Å². The smallest absolute Gasteiger partial charge is 0.255 e. The third-order valence-corrected chi connectivity index (χ3v) is 4.31. The van der Waals surface area contributed by atoms with Gasteiger partial charge in [-0.3, -0.25) is 19.6 Å². The summed E-state index contributed by atoms with van der Waals surface area (Å²) in [6, 6.07) is 15.1. The molecule has 6 heteroatoms. The van der Waals surface area contributed by atoms with Crippen molar-refractivity contribution in [2.24, 2.45) is 0 Å². The predicted molar refractivity (Wildman–Crippen MR) is 107 cm³/mol. The molecule has 0 aliphatic rings. The van der Waals surface area contributed by atoms with Gasteiger partial charge in [0.1, 0.15) is 0 Å². The van der Waals surface area contributed by atoms with Crippen LogP contribution in [0.2, 0.25) is 0 Å². The molecule has 0 spiro atoms. The summed E-state index contributed by atoms with van der Waals surface area (Å²) >= 11 is 0. The first-order valence-electron chi connectivity index (χ1n) is 9.12. The van der Waals surface area contributed by atoms with Crippen LogP contribution < -0.4 is 5.32 Å². The number of nitrogens with zero attached hydrogens (tertiary/aromatic N) is 3. The van der Waals surface area contributed by atoms with E-state index in [1.165, 1.54) is 12.4 Å². The molecule has 0 aliphatic carbocycles. The second kappa shape index (κ2) is 9.41. The largest absolute Gasteiger partial charge is 0.348 e. The van der Waals surface area contributed by atoms with E-state index in [1.54, 1.807) is 23.4 Å². The van der Waals surface area contributed by atoms with Crippen molar-refractivity contribution < 1.29 is 9.59 Å². The van der Waals surface area contributed by atoms with Gasteiger partial charge in [-0.05, 0) is 30.2 Å². The molecule has 0 unspecified atom stereocenters. The maximum Gasteiger partial charge on any atom is 0.255 e. The molecule has 1 N–H and O–H groups in total. The van der Waals surface area contributed by atoms with E-state index >= 15 is 0 Å². The molecule has 0 fully saturated rings. The average molecular weight is 374 g/mol. The van der Waals surface area contributed by atoms with Crippen LogP contribution in [0.1, 0.15) is 38.8 Å². The number of amides is 2. The van der Waals surface area contributed by atoms with E-state index in [9.17, 15) is 9.59 Å². The van der Waals surface area contributed by atoms with Crippen LogP contribution in [0, 0.1) is 0 Å². The van der Waals surface area contributed by atoms with Crippen LogP contribution in [0.15, 0.2) is 73.3 Å². The van der Waals surface area contributed by atoms with Gasteiger partial charge in [0, 0.05) is 44.4 Å². The Morgan fingerprint density at radius 2 is 1.68 bits per heavy atom. The molecular formula is C22H22N4O2. The van der Waals surface area contributed by atoms with Crippen molar-refractivity contribution in [2.75, 3.05) is 6.54 Å². The van der Waals surface area contributed by atoms with Gasteiger partial charge in [-0.15, -0.1) is 0 Å². The summed E-state index contributed by atoms with van der Waals surface area (Å²) in [7, 11) is 0. The molecule has 28 heavy (non-hydrogen) atoms. The van der Waals surface area contributed by atoms with Crippen LogP contribution in [-0.2, 0) is 13.1 Å². The Balaban J connectivity index is 1.68. The molecule has 1 aromatic carbocycles. The number of pyridine rings is 2. The van der Waals surface area contributed by atoms with Gasteiger partial charge in [-0.1, -0.05) is 36.4 Å². The van der Waals surface area contributed by atoms with Gasteiger partial charge >= 0.3 is 0 Å². The molecule has 6 nitrogen and oxygen atoms in total. The minimum Gasteiger partial charge on any atom is -0.348 e. The number of carbonyl (C=O) groups excluding carboxylic acids is 2. The van der Waals surface area contributed by atoms with E-state index in [2.05, 4.69) is 15.3 Å². The van der Waals surface area contributed by atoms with E-state index in [1.807, 2.05) is 49.4 Å². The number of carbonyl (C=O) groups is 2. The van der Waals surface area contributed by atoms with Crippen molar-refractivity contribution in [1.29, 1.82) is 0 Å². The third kappa shape index (κ3) is 5.01.